The fraction of sp³-hybridized carbons (Fsp3) is 1.00. The molecule has 0 saturated heterocycles. The van der Waals surface area contributed by atoms with Crippen LogP contribution >= 0.6 is 0 Å². The molecule has 0 amide bonds. The van der Waals surface area contributed by atoms with Crippen LogP contribution in [0.4, 0.5) is 0 Å². The molecule has 2 atom stereocenters. The molecule has 0 aliphatic heterocycles. The number of rotatable bonds is 10. The van der Waals surface area contributed by atoms with Gasteiger partial charge in [-0.2, -0.15) is 0 Å². The van der Waals surface area contributed by atoms with Gasteiger partial charge in [0.2, 0.25) is 0 Å². The van der Waals surface area contributed by atoms with Crippen LogP contribution in [0, 0.1) is 17.8 Å². The fourth-order valence-corrected chi connectivity index (χ4v) is 2.18. The molecule has 0 aromatic carbocycles. The highest BCUT2D eigenvalue weighted by Gasteiger charge is 2.05. The third kappa shape index (κ3) is 9.24. The van der Waals surface area contributed by atoms with Crippen LogP contribution in [0.3, 0.4) is 0 Å². The Morgan fingerprint density at radius 2 is 0.875 bits per heavy atom. The average molecular weight is 226 g/mol. The topological polar surface area (TPSA) is 0 Å². The largest absolute Gasteiger partial charge is 0.0651 e. The molecule has 0 heteroatoms. The predicted molar refractivity (Wildman–Crippen MR) is 75.8 cm³/mol. The van der Waals surface area contributed by atoms with E-state index < -0.39 is 0 Å². The third-order valence-electron chi connectivity index (χ3n) is 4.18. The minimum atomic E-state index is 0.937. The Kier molecular flexibility index (Phi) is 10.2. The quantitative estimate of drug-likeness (QED) is 0.425. The summed E-state index contributed by atoms with van der Waals surface area (Å²) in [6.45, 7) is 11.8. The van der Waals surface area contributed by atoms with Gasteiger partial charge in [0.25, 0.3) is 0 Å². The smallest absolute Gasteiger partial charge is 0.0443 e. The van der Waals surface area contributed by atoms with Crippen LogP contribution < -0.4 is 0 Å². The van der Waals surface area contributed by atoms with E-state index in [1.54, 1.807) is 0 Å². The van der Waals surface area contributed by atoms with E-state index in [0.29, 0.717) is 0 Å². The molecule has 0 fully saturated rings. The number of hydrogen-bond acceptors (Lipinski definition) is 0. The van der Waals surface area contributed by atoms with Crippen molar-refractivity contribution >= 4 is 0 Å². The first-order chi connectivity index (χ1) is 7.60. The SMILES string of the molecule is CCC(C)CCCC(C)CCCC(C)CC. The van der Waals surface area contributed by atoms with Crippen LogP contribution in [0.25, 0.3) is 0 Å². The molecule has 0 bridgehead atoms. The second kappa shape index (κ2) is 10.2. The van der Waals surface area contributed by atoms with Crippen molar-refractivity contribution in [3.63, 3.8) is 0 Å². The monoisotopic (exact) mass is 226 g/mol. The lowest BCUT2D eigenvalue weighted by Crippen LogP contribution is -1.99. The van der Waals surface area contributed by atoms with E-state index in [9.17, 15) is 0 Å². The summed E-state index contributed by atoms with van der Waals surface area (Å²) in [4.78, 5) is 0. The minimum Gasteiger partial charge on any atom is -0.0651 e. The van der Waals surface area contributed by atoms with Gasteiger partial charge >= 0.3 is 0 Å². The van der Waals surface area contributed by atoms with Crippen LogP contribution in [0.5, 0.6) is 0 Å². The van der Waals surface area contributed by atoms with Crippen LogP contribution in [0.2, 0.25) is 0 Å². The van der Waals surface area contributed by atoms with Crippen LogP contribution in [-0.4, -0.2) is 0 Å². The van der Waals surface area contributed by atoms with E-state index >= 15 is 0 Å². The highest BCUT2D eigenvalue weighted by molar-refractivity contribution is 4.58. The van der Waals surface area contributed by atoms with E-state index in [1.165, 1.54) is 51.4 Å². The minimum absolute atomic E-state index is 0.937. The van der Waals surface area contributed by atoms with Crippen molar-refractivity contribution in [3.05, 3.63) is 0 Å². The van der Waals surface area contributed by atoms with Crippen LogP contribution in [-0.2, 0) is 0 Å². The number of hydrogen-bond donors (Lipinski definition) is 0. The zero-order valence-corrected chi connectivity index (χ0v) is 12.4. The van der Waals surface area contributed by atoms with Gasteiger partial charge in [-0.15, -0.1) is 0 Å². The van der Waals surface area contributed by atoms with Crippen molar-refractivity contribution < 1.29 is 0 Å². The van der Waals surface area contributed by atoms with Gasteiger partial charge in [-0.05, 0) is 17.8 Å². The first-order valence-electron chi connectivity index (χ1n) is 7.60. The zero-order valence-electron chi connectivity index (χ0n) is 12.4. The summed E-state index contributed by atoms with van der Waals surface area (Å²) in [7, 11) is 0. The van der Waals surface area contributed by atoms with Gasteiger partial charge in [0.05, 0.1) is 0 Å². The lowest BCUT2D eigenvalue weighted by Gasteiger charge is -2.14. The fourth-order valence-electron chi connectivity index (χ4n) is 2.18. The summed E-state index contributed by atoms with van der Waals surface area (Å²) in [6, 6.07) is 0. The highest BCUT2D eigenvalue weighted by Crippen LogP contribution is 2.20. The normalized spacial score (nSPS) is 17.1. The molecule has 0 heterocycles. The maximum atomic E-state index is 2.44. The molecule has 0 nitrogen and oxygen atoms in total. The van der Waals surface area contributed by atoms with Crippen molar-refractivity contribution in [2.45, 2.75) is 86.0 Å². The average Bonchev–Trinajstić information content (AvgIpc) is 2.28. The molecule has 0 aliphatic rings. The van der Waals surface area contributed by atoms with Crippen LogP contribution in [0.15, 0.2) is 0 Å². The van der Waals surface area contributed by atoms with Crippen molar-refractivity contribution in [1.82, 2.24) is 0 Å². The van der Waals surface area contributed by atoms with E-state index in [0.717, 1.165) is 17.8 Å². The van der Waals surface area contributed by atoms with Gasteiger partial charge in [0, 0.05) is 0 Å². The Labute approximate surface area is 104 Å². The predicted octanol–water partition coefficient (Wildman–Crippen LogP) is 6.06. The summed E-state index contributed by atoms with van der Waals surface area (Å²) in [6.07, 6.45) is 11.4. The Balaban J connectivity index is 3.34. The lowest BCUT2D eigenvalue weighted by atomic mass is 9.92. The highest BCUT2D eigenvalue weighted by atomic mass is 14.1. The first-order valence-corrected chi connectivity index (χ1v) is 7.60. The van der Waals surface area contributed by atoms with Gasteiger partial charge < -0.3 is 0 Å². The molecule has 0 rings (SSSR count). The van der Waals surface area contributed by atoms with Gasteiger partial charge in [-0.1, -0.05) is 86.0 Å². The molecule has 0 aliphatic carbocycles. The third-order valence-corrected chi connectivity index (χ3v) is 4.18. The maximum absolute atomic E-state index is 2.44. The second-order valence-corrected chi connectivity index (χ2v) is 5.99. The molecule has 2 unspecified atom stereocenters. The van der Waals surface area contributed by atoms with Crippen molar-refractivity contribution in [2.75, 3.05) is 0 Å². The molecule has 0 radical (unpaired) electrons. The standard InChI is InChI=1S/C16H34/c1-6-14(3)10-8-12-16(5)13-9-11-15(4)7-2/h14-16H,6-13H2,1-5H3. The summed E-state index contributed by atoms with van der Waals surface area (Å²) in [5.41, 5.74) is 0. The van der Waals surface area contributed by atoms with Gasteiger partial charge in [-0.25, -0.2) is 0 Å². The van der Waals surface area contributed by atoms with Gasteiger partial charge in [0.1, 0.15) is 0 Å². The molecule has 0 saturated carbocycles. The van der Waals surface area contributed by atoms with E-state index in [1.807, 2.05) is 0 Å². The van der Waals surface area contributed by atoms with E-state index in [-0.39, 0.29) is 0 Å². The summed E-state index contributed by atoms with van der Waals surface area (Å²) < 4.78 is 0. The Hall–Kier alpha value is 0. The Bertz CT molecular complexity index is 123. The van der Waals surface area contributed by atoms with Crippen molar-refractivity contribution in [3.8, 4) is 0 Å². The van der Waals surface area contributed by atoms with Gasteiger partial charge in [-0.3, -0.25) is 0 Å². The summed E-state index contributed by atoms with van der Waals surface area (Å²) >= 11 is 0. The van der Waals surface area contributed by atoms with E-state index in [4.69, 9.17) is 0 Å². The molecule has 16 heavy (non-hydrogen) atoms. The van der Waals surface area contributed by atoms with Crippen molar-refractivity contribution in [2.24, 2.45) is 17.8 Å². The van der Waals surface area contributed by atoms with Crippen molar-refractivity contribution in [1.29, 1.82) is 0 Å². The first kappa shape index (κ1) is 16.0. The summed E-state index contributed by atoms with van der Waals surface area (Å²) in [5.74, 6) is 2.83. The summed E-state index contributed by atoms with van der Waals surface area (Å²) in [5, 5.41) is 0. The maximum Gasteiger partial charge on any atom is -0.0443 e. The van der Waals surface area contributed by atoms with E-state index in [2.05, 4.69) is 34.6 Å². The molecular formula is C16H34. The lowest BCUT2D eigenvalue weighted by molar-refractivity contribution is 0.389. The Morgan fingerprint density at radius 3 is 1.19 bits per heavy atom. The van der Waals surface area contributed by atoms with Crippen LogP contribution in [0.1, 0.15) is 86.0 Å². The molecular weight excluding hydrogens is 192 g/mol. The Morgan fingerprint density at radius 1 is 0.562 bits per heavy atom. The molecule has 0 aromatic heterocycles. The molecule has 0 spiro atoms. The second-order valence-electron chi connectivity index (χ2n) is 5.99. The molecule has 0 aromatic rings. The van der Waals surface area contributed by atoms with Gasteiger partial charge in [0.15, 0.2) is 0 Å². The molecule has 98 valence electrons. The molecule has 0 N–H and O–H groups in total. The zero-order chi connectivity index (χ0) is 12.4.